The molecule has 0 aliphatic carbocycles. The summed E-state index contributed by atoms with van der Waals surface area (Å²) in [5, 5.41) is 11.2. The molecule has 5 rings (SSSR count). The standard InChI is InChI=1S/C30H32N2O5/c1-21-28(34)24-11-8-14-27(30(24)37-29(21)22-9-4-3-5-10-22)36-20-23(33)19-31-15-17-32(18-16-31)25-12-6-7-13-26(25)35-2/h3-14,23,33H,15-20H2,1-2H3. The molecular formula is C30H32N2O5. The van der Waals surface area contributed by atoms with Crippen molar-refractivity contribution in [3.05, 3.63) is 88.6 Å². The third-order valence-corrected chi connectivity index (χ3v) is 6.84. The molecule has 1 aliphatic rings. The maximum absolute atomic E-state index is 13.1. The molecule has 37 heavy (non-hydrogen) atoms. The van der Waals surface area contributed by atoms with E-state index in [2.05, 4.69) is 15.9 Å². The van der Waals surface area contributed by atoms with E-state index in [1.54, 1.807) is 32.2 Å². The summed E-state index contributed by atoms with van der Waals surface area (Å²) in [5.41, 5.74) is 2.80. The number of aliphatic hydroxyl groups excluding tert-OH is 1. The van der Waals surface area contributed by atoms with Gasteiger partial charge in [0, 0.05) is 43.9 Å². The number of para-hydroxylation sites is 3. The minimum atomic E-state index is -0.682. The molecule has 1 N–H and O–H groups in total. The minimum absolute atomic E-state index is 0.0842. The third-order valence-electron chi connectivity index (χ3n) is 6.84. The van der Waals surface area contributed by atoms with Crippen LogP contribution in [0, 0.1) is 6.92 Å². The van der Waals surface area contributed by atoms with Crippen LogP contribution >= 0.6 is 0 Å². The number of hydrogen-bond acceptors (Lipinski definition) is 7. The Hall–Kier alpha value is -3.81. The molecule has 0 radical (unpaired) electrons. The number of fused-ring (bicyclic) bond motifs is 1. The lowest BCUT2D eigenvalue weighted by Crippen LogP contribution is -2.49. The van der Waals surface area contributed by atoms with Crippen molar-refractivity contribution in [2.45, 2.75) is 13.0 Å². The molecule has 0 amide bonds. The van der Waals surface area contributed by atoms with Gasteiger partial charge in [-0.15, -0.1) is 0 Å². The van der Waals surface area contributed by atoms with Crippen LogP contribution in [-0.4, -0.2) is 62.6 Å². The van der Waals surface area contributed by atoms with E-state index < -0.39 is 6.10 Å². The SMILES string of the molecule is COc1ccccc1N1CCN(CC(O)COc2cccc3c(=O)c(C)c(-c4ccccc4)oc23)CC1. The maximum Gasteiger partial charge on any atom is 0.196 e. The lowest BCUT2D eigenvalue weighted by atomic mass is 10.1. The smallest absolute Gasteiger partial charge is 0.196 e. The van der Waals surface area contributed by atoms with Crippen LogP contribution in [0.5, 0.6) is 11.5 Å². The van der Waals surface area contributed by atoms with Crippen molar-refractivity contribution in [2.24, 2.45) is 0 Å². The largest absolute Gasteiger partial charge is 0.495 e. The molecule has 3 aromatic carbocycles. The second-order valence-electron chi connectivity index (χ2n) is 9.31. The Balaban J connectivity index is 1.24. The zero-order valence-electron chi connectivity index (χ0n) is 21.2. The monoisotopic (exact) mass is 500 g/mol. The first kappa shape index (κ1) is 24.9. The van der Waals surface area contributed by atoms with Crippen molar-refractivity contribution < 1.29 is 19.0 Å². The van der Waals surface area contributed by atoms with Gasteiger partial charge in [0.15, 0.2) is 16.8 Å². The van der Waals surface area contributed by atoms with Gasteiger partial charge in [-0.1, -0.05) is 48.5 Å². The topological polar surface area (TPSA) is 75.4 Å². The van der Waals surface area contributed by atoms with Crippen LogP contribution in [0.1, 0.15) is 5.56 Å². The molecule has 1 saturated heterocycles. The number of hydrogen-bond donors (Lipinski definition) is 1. The van der Waals surface area contributed by atoms with E-state index in [0.717, 1.165) is 43.2 Å². The summed E-state index contributed by atoms with van der Waals surface area (Å²) >= 11 is 0. The molecule has 192 valence electrons. The van der Waals surface area contributed by atoms with Gasteiger partial charge in [0.1, 0.15) is 24.2 Å². The first-order valence-electron chi connectivity index (χ1n) is 12.6. The summed E-state index contributed by atoms with van der Waals surface area (Å²) in [6.45, 7) is 5.75. The number of benzene rings is 3. The molecule has 1 fully saturated rings. The van der Waals surface area contributed by atoms with Gasteiger partial charge in [-0.2, -0.15) is 0 Å². The van der Waals surface area contributed by atoms with Gasteiger partial charge in [-0.05, 0) is 31.2 Å². The lowest BCUT2D eigenvalue weighted by Gasteiger charge is -2.37. The Bertz CT molecular complexity index is 1410. The Morgan fingerprint density at radius 1 is 0.919 bits per heavy atom. The van der Waals surface area contributed by atoms with Crippen molar-refractivity contribution in [3.63, 3.8) is 0 Å². The van der Waals surface area contributed by atoms with Crippen molar-refractivity contribution in [2.75, 3.05) is 51.3 Å². The number of aliphatic hydroxyl groups is 1. The highest BCUT2D eigenvalue weighted by Gasteiger charge is 2.22. The Labute approximate surface area is 216 Å². The van der Waals surface area contributed by atoms with Crippen molar-refractivity contribution in [3.8, 4) is 22.8 Å². The average Bonchev–Trinajstić information content (AvgIpc) is 2.94. The van der Waals surface area contributed by atoms with E-state index in [-0.39, 0.29) is 12.0 Å². The van der Waals surface area contributed by atoms with Crippen molar-refractivity contribution >= 4 is 16.7 Å². The molecule has 0 bridgehead atoms. The number of ether oxygens (including phenoxy) is 2. The number of β-amino-alcohol motifs (C(OH)–C–C–N with tert-alkyl or cyclic N) is 1. The first-order chi connectivity index (χ1) is 18.0. The van der Waals surface area contributed by atoms with Gasteiger partial charge in [-0.25, -0.2) is 0 Å². The zero-order valence-corrected chi connectivity index (χ0v) is 21.2. The molecule has 4 aromatic rings. The van der Waals surface area contributed by atoms with Crippen LogP contribution in [-0.2, 0) is 0 Å². The number of rotatable bonds is 8. The van der Waals surface area contributed by atoms with E-state index in [0.29, 0.717) is 34.6 Å². The fourth-order valence-electron chi connectivity index (χ4n) is 4.86. The number of methoxy groups -OCH3 is 1. The van der Waals surface area contributed by atoms with E-state index in [1.807, 2.05) is 48.5 Å². The van der Waals surface area contributed by atoms with Crippen LogP contribution < -0.4 is 19.8 Å². The second kappa shape index (κ2) is 11.1. The summed E-state index contributed by atoms with van der Waals surface area (Å²) in [4.78, 5) is 17.6. The second-order valence-corrected chi connectivity index (χ2v) is 9.31. The predicted octanol–water partition coefficient (Wildman–Crippen LogP) is 4.34. The highest BCUT2D eigenvalue weighted by atomic mass is 16.5. The highest BCUT2D eigenvalue weighted by molar-refractivity contribution is 5.85. The van der Waals surface area contributed by atoms with Gasteiger partial charge in [0.05, 0.1) is 18.2 Å². The molecule has 0 saturated carbocycles. The molecule has 1 unspecified atom stereocenters. The van der Waals surface area contributed by atoms with Gasteiger partial charge in [0.2, 0.25) is 0 Å². The predicted molar refractivity (Wildman–Crippen MR) is 146 cm³/mol. The Kier molecular flexibility index (Phi) is 7.44. The molecular weight excluding hydrogens is 468 g/mol. The summed E-state index contributed by atoms with van der Waals surface area (Å²) in [7, 11) is 1.69. The average molecular weight is 501 g/mol. The van der Waals surface area contributed by atoms with Gasteiger partial charge in [0.25, 0.3) is 0 Å². The normalized spacial score (nSPS) is 15.1. The van der Waals surface area contributed by atoms with E-state index in [4.69, 9.17) is 13.9 Å². The van der Waals surface area contributed by atoms with Crippen LogP contribution in [0.15, 0.2) is 82.0 Å². The van der Waals surface area contributed by atoms with Crippen LogP contribution in [0.2, 0.25) is 0 Å². The summed E-state index contributed by atoms with van der Waals surface area (Å²) < 4.78 is 17.7. The Morgan fingerprint density at radius 2 is 1.62 bits per heavy atom. The van der Waals surface area contributed by atoms with Crippen molar-refractivity contribution in [1.29, 1.82) is 0 Å². The number of nitrogens with zero attached hydrogens (tertiary/aromatic N) is 2. The molecule has 7 heteroatoms. The van der Waals surface area contributed by atoms with Crippen molar-refractivity contribution in [1.82, 2.24) is 4.90 Å². The minimum Gasteiger partial charge on any atom is -0.495 e. The molecule has 0 spiro atoms. The molecule has 1 aromatic heterocycles. The first-order valence-corrected chi connectivity index (χ1v) is 12.6. The summed E-state index contributed by atoms with van der Waals surface area (Å²) in [5.74, 6) is 1.85. The fraction of sp³-hybridized carbons (Fsp3) is 0.300. The quantitative estimate of drug-likeness (QED) is 0.386. The third kappa shape index (κ3) is 5.33. The van der Waals surface area contributed by atoms with Gasteiger partial charge < -0.3 is 23.9 Å². The molecule has 1 atom stereocenters. The van der Waals surface area contributed by atoms with E-state index >= 15 is 0 Å². The van der Waals surface area contributed by atoms with Gasteiger partial charge >= 0.3 is 0 Å². The Morgan fingerprint density at radius 3 is 2.38 bits per heavy atom. The molecule has 2 heterocycles. The fourth-order valence-corrected chi connectivity index (χ4v) is 4.86. The zero-order chi connectivity index (χ0) is 25.8. The van der Waals surface area contributed by atoms with Gasteiger partial charge in [-0.3, -0.25) is 9.69 Å². The molecule has 7 nitrogen and oxygen atoms in total. The molecule has 1 aliphatic heterocycles. The van der Waals surface area contributed by atoms with Crippen LogP contribution in [0.25, 0.3) is 22.3 Å². The maximum atomic E-state index is 13.1. The highest BCUT2D eigenvalue weighted by Crippen LogP contribution is 2.31. The lowest BCUT2D eigenvalue weighted by molar-refractivity contribution is 0.0664. The summed E-state index contributed by atoms with van der Waals surface area (Å²) in [6, 6.07) is 22.9. The summed E-state index contributed by atoms with van der Waals surface area (Å²) in [6.07, 6.45) is -0.682. The van der Waals surface area contributed by atoms with Crippen LogP contribution in [0.4, 0.5) is 5.69 Å². The van der Waals surface area contributed by atoms with Crippen LogP contribution in [0.3, 0.4) is 0 Å². The number of piperazine rings is 1. The van der Waals surface area contributed by atoms with E-state index in [1.165, 1.54) is 0 Å². The number of anilines is 1. The van der Waals surface area contributed by atoms with E-state index in [9.17, 15) is 9.90 Å².